The van der Waals surface area contributed by atoms with Gasteiger partial charge in [-0.15, -0.1) is 0 Å². The highest BCUT2D eigenvalue weighted by Gasteiger charge is 2.29. The normalized spacial score (nSPS) is 15.1. The van der Waals surface area contributed by atoms with Crippen LogP contribution in [0.5, 0.6) is 11.5 Å². The van der Waals surface area contributed by atoms with Gasteiger partial charge in [0.1, 0.15) is 6.61 Å². The zero-order valence-corrected chi connectivity index (χ0v) is 17.3. The van der Waals surface area contributed by atoms with Gasteiger partial charge in [-0.25, -0.2) is 14.8 Å². The second kappa shape index (κ2) is 7.16. The Hall–Kier alpha value is -3.35. The van der Waals surface area contributed by atoms with Crippen LogP contribution >= 0.6 is 0 Å². The molecule has 1 aromatic heterocycles. The lowest BCUT2D eigenvalue weighted by atomic mass is 9.91. The van der Waals surface area contributed by atoms with E-state index in [1.54, 1.807) is 26.6 Å². The summed E-state index contributed by atoms with van der Waals surface area (Å²) < 4.78 is 16.3. The molecule has 7 nitrogen and oxygen atoms in total. The fourth-order valence-corrected chi connectivity index (χ4v) is 4.06. The Bertz CT molecular complexity index is 1140. The highest BCUT2D eigenvalue weighted by Crippen LogP contribution is 2.42. The van der Waals surface area contributed by atoms with Gasteiger partial charge in [0.05, 0.1) is 19.8 Å². The topological polar surface area (TPSA) is 73.8 Å². The molecule has 154 valence electrons. The van der Waals surface area contributed by atoms with Crippen LogP contribution in [-0.4, -0.2) is 43.7 Å². The van der Waals surface area contributed by atoms with Crippen molar-refractivity contribution in [3.05, 3.63) is 41.7 Å². The van der Waals surface area contributed by atoms with E-state index < -0.39 is 0 Å². The molecule has 1 aliphatic carbocycles. The molecule has 30 heavy (non-hydrogen) atoms. The molecule has 2 aromatic carbocycles. The zero-order valence-electron chi connectivity index (χ0n) is 17.3. The molecular formula is C23H23N3O4. The van der Waals surface area contributed by atoms with Gasteiger partial charge < -0.3 is 19.1 Å². The number of rotatable bonds is 6. The maximum atomic E-state index is 12.6. The lowest BCUT2D eigenvalue weighted by Gasteiger charge is -2.17. The van der Waals surface area contributed by atoms with E-state index in [1.807, 2.05) is 25.2 Å². The van der Waals surface area contributed by atoms with E-state index >= 15 is 0 Å². The molecule has 0 N–H and O–H groups in total. The minimum atomic E-state index is -0.327. The van der Waals surface area contributed by atoms with E-state index in [2.05, 4.69) is 14.9 Å². The molecule has 2 heterocycles. The summed E-state index contributed by atoms with van der Waals surface area (Å²) in [6.07, 6.45) is 6.11. The SMILES string of the molecule is COc1cc2cc3c(c(-c4cnc(N(C)CC5CC5)nc4)c2cc1OC)C(=O)OC3. The maximum Gasteiger partial charge on any atom is 0.339 e. The van der Waals surface area contributed by atoms with Crippen LogP contribution < -0.4 is 14.4 Å². The van der Waals surface area contributed by atoms with Gasteiger partial charge in [0, 0.05) is 42.7 Å². The minimum Gasteiger partial charge on any atom is -0.493 e. The summed E-state index contributed by atoms with van der Waals surface area (Å²) in [6.45, 7) is 1.22. The van der Waals surface area contributed by atoms with Gasteiger partial charge in [-0.2, -0.15) is 0 Å². The minimum absolute atomic E-state index is 0.258. The second-order valence-electron chi connectivity index (χ2n) is 7.89. The fraction of sp³-hybridized carbons (Fsp3) is 0.348. The van der Waals surface area contributed by atoms with Gasteiger partial charge in [0.15, 0.2) is 11.5 Å². The van der Waals surface area contributed by atoms with Crippen LogP contribution in [-0.2, 0) is 11.3 Å². The van der Waals surface area contributed by atoms with Gasteiger partial charge in [0.25, 0.3) is 0 Å². The third-order valence-corrected chi connectivity index (χ3v) is 5.79. The van der Waals surface area contributed by atoms with Crippen molar-refractivity contribution >= 4 is 22.7 Å². The highest BCUT2D eigenvalue weighted by atomic mass is 16.5. The summed E-state index contributed by atoms with van der Waals surface area (Å²) in [5.74, 6) is 2.33. The van der Waals surface area contributed by atoms with E-state index in [0.717, 1.165) is 39.9 Å². The number of hydrogen-bond acceptors (Lipinski definition) is 7. The van der Waals surface area contributed by atoms with Crippen molar-refractivity contribution in [1.82, 2.24) is 9.97 Å². The maximum absolute atomic E-state index is 12.6. The van der Waals surface area contributed by atoms with Gasteiger partial charge in [-0.1, -0.05) is 0 Å². The van der Waals surface area contributed by atoms with Crippen molar-refractivity contribution in [3.8, 4) is 22.6 Å². The first-order chi connectivity index (χ1) is 14.6. The Morgan fingerprint density at radius 2 is 1.77 bits per heavy atom. The first-order valence-electron chi connectivity index (χ1n) is 10.0. The van der Waals surface area contributed by atoms with Crippen LogP contribution in [0.4, 0.5) is 5.95 Å². The van der Waals surface area contributed by atoms with Crippen LogP contribution in [0.25, 0.3) is 21.9 Å². The smallest absolute Gasteiger partial charge is 0.339 e. The average Bonchev–Trinajstić information content (AvgIpc) is 3.52. The first-order valence-corrected chi connectivity index (χ1v) is 10.0. The number of carbonyl (C=O) groups excluding carboxylic acids is 1. The molecule has 5 rings (SSSR count). The average molecular weight is 405 g/mol. The van der Waals surface area contributed by atoms with Gasteiger partial charge in [-0.3, -0.25) is 0 Å². The number of anilines is 1. The summed E-state index contributed by atoms with van der Waals surface area (Å²) in [5.41, 5.74) is 2.95. The second-order valence-corrected chi connectivity index (χ2v) is 7.89. The molecule has 0 atom stereocenters. The number of fused-ring (bicyclic) bond motifs is 2. The van der Waals surface area contributed by atoms with Crippen LogP contribution in [0.15, 0.2) is 30.6 Å². The van der Waals surface area contributed by atoms with Crippen LogP contribution in [0.1, 0.15) is 28.8 Å². The van der Waals surface area contributed by atoms with Gasteiger partial charge in [0.2, 0.25) is 5.95 Å². The number of hydrogen-bond donors (Lipinski definition) is 0. The zero-order chi connectivity index (χ0) is 20.8. The number of aromatic nitrogens is 2. The number of carbonyl (C=O) groups is 1. The first kappa shape index (κ1) is 18.7. The Labute approximate surface area is 174 Å². The molecule has 1 aliphatic heterocycles. The van der Waals surface area contributed by atoms with E-state index in [-0.39, 0.29) is 12.6 Å². The molecule has 0 unspecified atom stereocenters. The monoisotopic (exact) mass is 405 g/mol. The number of benzene rings is 2. The van der Waals surface area contributed by atoms with Crippen molar-refractivity contribution in [3.63, 3.8) is 0 Å². The summed E-state index contributed by atoms with van der Waals surface area (Å²) in [7, 11) is 5.21. The highest BCUT2D eigenvalue weighted by molar-refractivity contribution is 6.11. The van der Waals surface area contributed by atoms with E-state index in [0.29, 0.717) is 23.0 Å². The summed E-state index contributed by atoms with van der Waals surface area (Å²) in [4.78, 5) is 23.8. The van der Waals surface area contributed by atoms with Crippen molar-refractivity contribution in [2.24, 2.45) is 5.92 Å². The third kappa shape index (κ3) is 3.10. The number of nitrogens with zero attached hydrogens (tertiary/aromatic N) is 3. The third-order valence-electron chi connectivity index (χ3n) is 5.79. The van der Waals surface area contributed by atoms with E-state index in [1.165, 1.54) is 12.8 Å². The lowest BCUT2D eigenvalue weighted by Crippen LogP contribution is -2.22. The summed E-state index contributed by atoms with van der Waals surface area (Å²) >= 11 is 0. The molecule has 1 saturated carbocycles. The Balaban J connectivity index is 1.66. The van der Waals surface area contributed by atoms with E-state index in [4.69, 9.17) is 14.2 Å². The lowest BCUT2D eigenvalue weighted by molar-refractivity contribution is 0.0535. The molecule has 0 bridgehead atoms. The molecule has 0 saturated heterocycles. The largest absolute Gasteiger partial charge is 0.493 e. The molecule has 2 aliphatic rings. The Morgan fingerprint density at radius 3 is 2.43 bits per heavy atom. The number of methoxy groups -OCH3 is 2. The summed E-state index contributed by atoms with van der Waals surface area (Å²) in [5, 5.41) is 1.81. The van der Waals surface area contributed by atoms with Gasteiger partial charge in [-0.05, 0) is 47.7 Å². The predicted molar refractivity (Wildman–Crippen MR) is 113 cm³/mol. The van der Waals surface area contributed by atoms with Crippen molar-refractivity contribution in [1.29, 1.82) is 0 Å². The summed E-state index contributed by atoms with van der Waals surface area (Å²) in [6, 6.07) is 5.78. The molecule has 0 radical (unpaired) electrons. The predicted octanol–water partition coefficient (Wildman–Crippen LogP) is 3.83. The van der Waals surface area contributed by atoms with Gasteiger partial charge >= 0.3 is 5.97 Å². The molecule has 0 spiro atoms. The van der Waals surface area contributed by atoms with Crippen molar-refractivity contribution in [2.45, 2.75) is 19.4 Å². The standard InChI is InChI=1S/C23H23N3O4/c1-26(11-13-4-5-13)23-24-9-16(10-25-23)20-17-8-19(29-3)18(28-2)7-14(17)6-15-12-30-22(27)21(15)20/h6-10,13H,4-5,11-12H2,1-3H3. The van der Waals surface area contributed by atoms with Crippen LogP contribution in [0, 0.1) is 5.92 Å². The molecule has 0 amide bonds. The molecule has 3 aromatic rings. The quantitative estimate of drug-likeness (QED) is 0.577. The fourth-order valence-electron chi connectivity index (χ4n) is 4.06. The number of ether oxygens (including phenoxy) is 3. The molecular weight excluding hydrogens is 382 g/mol. The Kier molecular flexibility index (Phi) is 4.46. The molecule has 1 fully saturated rings. The van der Waals surface area contributed by atoms with Crippen molar-refractivity contribution in [2.75, 3.05) is 32.7 Å². The van der Waals surface area contributed by atoms with Crippen LogP contribution in [0.2, 0.25) is 0 Å². The van der Waals surface area contributed by atoms with E-state index in [9.17, 15) is 4.79 Å². The van der Waals surface area contributed by atoms with Crippen molar-refractivity contribution < 1.29 is 19.0 Å². The Morgan fingerprint density at radius 1 is 1.07 bits per heavy atom. The molecule has 7 heteroatoms. The van der Waals surface area contributed by atoms with Crippen LogP contribution in [0.3, 0.4) is 0 Å². The number of esters is 1. The number of cyclic esters (lactones) is 1.